The van der Waals surface area contributed by atoms with Crippen molar-refractivity contribution in [1.82, 2.24) is 25.2 Å². The van der Waals surface area contributed by atoms with Crippen molar-refractivity contribution in [2.24, 2.45) is 0 Å². The molecule has 0 saturated heterocycles. The Morgan fingerprint density at radius 3 is 2.33 bits per heavy atom. The van der Waals surface area contributed by atoms with E-state index in [1.165, 1.54) is 21.7 Å². The van der Waals surface area contributed by atoms with Gasteiger partial charge in [-0.3, -0.25) is 9.59 Å². The highest BCUT2D eigenvalue weighted by Gasteiger charge is 2.33. The van der Waals surface area contributed by atoms with Crippen LogP contribution in [-0.4, -0.2) is 37.2 Å². The lowest BCUT2D eigenvalue weighted by Crippen LogP contribution is -2.49. The second-order valence-electron chi connectivity index (χ2n) is 9.94. The van der Waals surface area contributed by atoms with Crippen molar-refractivity contribution in [3.8, 4) is 0 Å². The molecule has 0 spiro atoms. The van der Waals surface area contributed by atoms with Crippen LogP contribution in [0, 0.1) is 12.7 Å². The number of aromatic nitrogens is 3. The maximum Gasteiger partial charge on any atom is 0.247 e. The summed E-state index contributed by atoms with van der Waals surface area (Å²) in [6.07, 6.45) is 0. The lowest BCUT2D eigenvalue weighted by Gasteiger charge is -2.34. The molecule has 0 unspecified atom stereocenters. The number of aryl methyl sites for hydroxylation is 1. The van der Waals surface area contributed by atoms with Crippen LogP contribution in [0.2, 0.25) is 0 Å². The van der Waals surface area contributed by atoms with Gasteiger partial charge in [0.1, 0.15) is 23.9 Å². The molecule has 4 rings (SSSR count). The molecule has 36 heavy (non-hydrogen) atoms. The van der Waals surface area contributed by atoms with Crippen LogP contribution in [0.4, 0.5) is 4.39 Å². The van der Waals surface area contributed by atoms with E-state index in [0.717, 1.165) is 16.6 Å². The highest BCUT2D eigenvalue weighted by atomic mass is 19.1. The average Bonchev–Trinajstić information content (AvgIpc) is 3.23. The smallest absolute Gasteiger partial charge is 0.247 e. The molecule has 7 nitrogen and oxygen atoms in total. The van der Waals surface area contributed by atoms with E-state index >= 15 is 0 Å². The van der Waals surface area contributed by atoms with Gasteiger partial charge >= 0.3 is 0 Å². The highest BCUT2D eigenvalue weighted by molar-refractivity contribution is 5.89. The molecular weight excluding hydrogens is 457 g/mol. The van der Waals surface area contributed by atoms with Crippen LogP contribution in [0.3, 0.4) is 0 Å². The number of halogens is 1. The molecule has 0 aliphatic rings. The number of fused-ring (bicyclic) bond motifs is 1. The van der Waals surface area contributed by atoms with E-state index < -0.39 is 17.4 Å². The topological polar surface area (TPSA) is 80.1 Å². The maximum absolute atomic E-state index is 13.9. The molecule has 0 saturated carbocycles. The fraction of sp³-hybridized carbons (Fsp3) is 0.286. The summed E-state index contributed by atoms with van der Waals surface area (Å²) in [5.41, 5.74) is 3.34. The molecule has 1 atom stereocenters. The van der Waals surface area contributed by atoms with E-state index in [2.05, 4.69) is 15.6 Å². The second-order valence-corrected chi connectivity index (χ2v) is 9.94. The minimum absolute atomic E-state index is 0.104. The van der Waals surface area contributed by atoms with Crippen LogP contribution in [0.5, 0.6) is 0 Å². The molecule has 0 aliphatic carbocycles. The number of benzene rings is 3. The zero-order valence-electron chi connectivity index (χ0n) is 20.9. The lowest BCUT2D eigenvalue weighted by atomic mass is 10.0. The van der Waals surface area contributed by atoms with Gasteiger partial charge in [0.05, 0.1) is 5.52 Å². The molecule has 0 bridgehead atoms. The van der Waals surface area contributed by atoms with Crippen LogP contribution in [0.15, 0.2) is 72.8 Å². The summed E-state index contributed by atoms with van der Waals surface area (Å²) in [6.45, 7) is 7.69. The molecular formula is C28H30FN5O2. The molecule has 8 heteroatoms. The summed E-state index contributed by atoms with van der Waals surface area (Å²) in [5, 5.41) is 11.3. The Bertz CT molecular complexity index is 1360. The average molecular weight is 488 g/mol. The number of para-hydroxylation sites is 1. The summed E-state index contributed by atoms with van der Waals surface area (Å²) >= 11 is 0. The number of hydrogen-bond acceptors (Lipinski definition) is 4. The van der Waals surface area contributed by atoms with Crippen LogP contribution < -0.4 is 5.32 Å². The van der Waals surface area contributed by atoms with Crippen LogP contribution in [0.25, 0.3) is 11.0 Å². The van der Waals surface area contributed by atoms with Gasteiger partial charge in [-0.1, -0.05) is 59.3 Å². The van der Waals surface area contributed by atoms with Crippen LogP contribution >= 0.6 is 0 Å². The molecule has 1 N–H and O–H groups in total. The van der Waals surface area contributed by atoms with E-state index in [4.69, 9.17) is 0 Å². The monoisotopic (exact) mass is 487 g/mol. The fourth-order valence-corrected chi connectivity index (χ4v) is 4.02. The van der Waals surface area contributed by atoms with Crippen molar-refractivity contribution < 1.29 is 14.0 Å². The van der Waals surface area contributed by atoms with Gasteiger partial charge in [0, 0.05) is 12.1 Å². The number of hydrogen-bond donors (Lipinski definition) is 1. The summed E-state index contributed by atoms with van der Waals surface area (Å²) in [5.74, 6) is -1.08. The number of nitrogens with one attached hydrogen (secondary N) is 1. The van der Waals surface area contributed by atoms with Gasteiger partial charge in [0.15, 0.2) is 0 Å². The van der Waals surface area contributed by atoms with E-state index in [1.807, 2.05) is 76.2 Å². The van der Waals surface area contributed by atoms with Crippen molar-refractivity contribution in [2.75, 3.05) is 0 Å². The van der Waals surface area contributed by atoms with Crippen molar-refractivity contribution in [3.63, 3.8) is 0 Å². The molecule has 4 aromatic rings. The van der Waals surface area contributed by atoms with E-state index in [-0.39, 0.29) is 24.9 Å². The van der Waals surface area contributed by atoms with Gasteiger partial charge in [-0.15, -0.1) is 5.10 Å². The highest BCUT2D eigenvalue weighted by Crippen LogP contribution is 2.26. The molecule has 0 fully saturated rings. The minimum atomic E-state index is -0.978. The summed E-state index contributed by atoms with van der Waals surface area (Å²) in [4.78, 5) is 29.0. The van der Waals surface area contributed by atoms with Crippen molar-refractivity contribution >= 4 is 22.8 Å². The fourth-order valence-electron chi connectivity index (χ4n) is 4.02. The molecule has 0 aliphatic heterocycles. The van der Waals surface area contributed by atoms with Crippen LogP contribution in [0.1, 0.15) is 43.5 Å². The van der Waals surface area contributed by atoms with Crippen LogP contribution in [-0.2, 0) is 22.7 Å². The van der Waals surface area contributed by atoms with Crippen molar-refractivity contribution in [1.29, 1.82) is 0 Å². The molecule has 186 valence electrons. The Hall–Kier alpha value is -4.07. The van der Waals surface area contributed by atoms with Crippen molar-refractivity contribution in [3.05, 3.63) is 95.3 Å². The molecule has 2 amide bonds. The van der Waals surface area contributed by atoms with Gasteiger partial charge < -0.3 is 10.2 Å². The largest absolute Gasteiger partial charge is 0.349 e. The predicted molar refractivity (Wildman–Crippen MR) is 136 cm³/mol. The third kappa shape index (κ3) is 5.94. The number of nitrogens with zero attached hydrogens (tertiary/aromatic N) is 4. The van der Waals surface area contributed by atoms with Gasteiger partial charge in [0.25, 0.3) is 0 Å². The first-order valence-corrected chi connectivity index (χ1v) is 11.8. The quantitative estimate of drug-likeness (QED) is 0.414. The predicted octanol–water partition coefficient (Wildman–Crippen LogP) is 4.56. The third-order valence-electron chi connectivity index (χ3n) is 5.74. The standard InChI is InChI=1S/C28H30FN5O2/c1-19-9-11-20(12-10-19)17-33(25(35)18-34-24-8-6-5-7-23(24)31-32-34)26(27(36)30-28(2,3)4)21-13-15-22(29)16-14-21/h5-16,26H,17-18H2,1-4H3,(H,30,36)/t26-/m1/s1. The normalized spacial score (nSPS) is 12.4. The van der Waals surface area contributed by atoms with E-state index in [0.29, 0.717) is 11.1 Å². The zero-order chi connectivity index (χ0) is 25.9. The molecule has 3 aromatic carbocycles. The van der Waals surface area contributed by atoms with Gasteiger partial charge in [-0.2, -0.15) is 0 Å². The minimum Gasteiger partial charge on any atom is -0.349 e. The Labute approximate surface area is 209 Å². The van der Waals surface area contributed by atoms with E-state index in [1.54, 1.807) is 12.1 Å². The Kier molecular flexibility index (Phi) is 7.15. The summed E-state index contributed by atoms with van der Waals surface area (Å²) in [6, 6.07) is 19.9. The summed E-state index contributed by atoms with van der Waals surface area (Å²) < 4.78 is 15.3. The Morgan fingerprint density at radius 1 is 1.00 bits per heavy atom. The Morgan fingerprint density at radius 2 is 1.67 bits per heavy atom. The number of carbonyl (C=O) groups is 2. The van der Waals surface area contributed by atoms with Crippen molar-refractivity contribution in [2.45, 2.75) is 52.4 Å². The van der Waals surface area contributed by atoms with Gasteiger partial charge in [-0.05, 0) is 63.1 Å². The molecule has 1 aromatic heterocycles. The SMILES string of the molecule is Cc1ccc(CN(C(=O)Cn2nnc3ccccc32)[C@@H](C(=O)NC(C)(C)C)c2ccc(F)cc2)cc1. The van der Waals surface area contributed by atoms with Gasteiger partial charge in [0.2, 0.25) is 11.8 Å². The summed E-state index contributed by atoms with van der Waals surface area (Å²) in [7, 11) is 0. The second kappa shape index (κ2) is 10.3. The number of amides is 2. The molecule has 1 heterocycles. The first-order chi connectivity index (χ1) is 17.1. The maximum atomic E-state index is 13.9. The zero-order valence-corrected chi connectivity index (χ0v) is 20.9. The third-order valence-corrected chi connectivity index (χ3v) is 5.74. The molecule has 0 radical (unpaired) electrons. The van der Waals surface area contributed by atoms with E-state index in [9.17, 15) is 14.0 Å². The van der Waals surface area contributed by atoms with Gasteiger partial charge in [-0.25, -0.2) is 9.07 Å². The Balaban J connectivity index is 1.76. The first kappa shape index (κ1) is 25.0. The lowest BCUT2D eigenvalue weighted by molar-refractivity contribution is -0.142. The first-order valence-electron chi connectivity index (χ1n) is 11.8. The number of rotatable bonds is 7. The number of carbonyl (C=O) groups excluding carboxylic acids is 2.